The van der Waals surface area contributed by atoms with Crippen molar-refractivity contribution in [1.29, 1.82) is 0 Å². The maximum absolute atomic E-state index is 11.9. The number of rotatable bonds is 4. The first-order valence-electron chi connectivity index (χ1n) is 6.88. The molecule has 3 rings (SSSR count). The zero-order valence-electron chi connectivity index (χ0n) is 11.8. The molecule has 0 saturated heterocycles. The summed E-state index contributed by atoms with van der Waals surface area (Å²) in [5.74, 6) is 0.487. The second kappa shape index (κ2) is 6.62. The fourth-order valence-corrected chi connectivity index (χ4v) is 2.54. The fourth-order valence-electron chi connectivity index (χ4n) is 2.15. The summed E-state index contributed by atoms with van der Waals surface area (Å²) in [4.78, 5) is 11.9. The molecule has 0 bridgehead atoms. The molecule has 3 aromatic rings. The molecular weight excluding hydrogens is 342 g/mol. The molecule has 0 aliphatic carbocycles. The van der Waals surface area contributed by atoms with Crippen LogP contribution >= 0.6 is 15.9 Å². The van der Waals surface area contributed by atoms with Gasteiger partial charge in [-0.25, -0.2) is 0 Å². The van der Waals surface area contributed by atoms with Gasteiger partial charge in [0.05, 0.1) is 5.69 Å². The van der Waals surface area contributed by atoms with Gasteiger partial charge in [-0.3, -0.25) is 4.79 Å². The third kappa shape index (κ3) is 3.46. The van der Waals surface area contributed by atoms with E-state index in [0.29, 0.717) is 5.75 Å². The highest BCUT2D eigenvalue weighted by atomic mass is 79.9. The topological polar surface area (TPSA) is 38.3 Å². The second-order valence-electron chi connectivity index (χ2n) is 4.83. The highest BCUT2D eigenvalue weighted by molar-refractivity contribution is 9.10. The predicted octanol–water partition coefficient (Wildman–Crippen LogP) is 4.62. The maximum Gasteiger partial charge on any atom is 0.262 e. The third-order valence-corrected chi connectivity index (χ3v) is 3.93. The van der Waals surface area contributed by atoms with Crippen molar-refractivity contribution in [3.8, 4) is 5.75 Å². The van der Waals surface area contributed by atoms with Crippen LogP contribution in [0.1, 0.15) is 0 Å². The molecule has 110 valence electrons. The Bertz CT molecular complexity index is 817. The molecule has 22 heavy (non-hydrogen) atoms. The second-order valence-corrected chi connectivity index (χ2v) is 5.68. The summed E-state index contributed by atoms with van der Waals surface area (Å²) in [7, 11) is 0. The van der Waals surface area contributed by atoms with E-state index >= 15 is 0 Å². The number of ether oxygens (including phenoxy) is 1. The molecular formula is C18H14BrNO2. The molecule has 0 radical (unpaired) electrons. The van der Waals surface area contributed by atoms with E-state index in [1.807, 2.05) is 66.7 Å². The number of hydrogen-bond donors (Lipinski definition) is 1. The minimum absolute atomic E-state index is 0.0281. The van der Waals surface area contributed by atoms with Crippen LogP contribution in [0.4, 0.5) is 5.69 Å². The van der Waals surface area contributed by atoms with Gasteiger partial charge in [0, 0.05) is 4.47 Å². The molecule has 1 amide bonds. The molecule has 0 fully saturated rings. The molecule has 0 unspecified atom stereocenters. The van der Waals surface area contributed by atoms with Crippen molar-refractivity contribution in [2.24, 2.45) is 0 Å². The number of anilines is 1. The molecule has 0 atom stereocenters. The van der Waals surface area contributed by atoms with Crippen LogP contribution in [-0.4, -0.2) is 12.5 Å². The number of para-hydroxylation sites is 1. The Balaban J connectivity index is 1.63. The first-order valence-corrected chi connectivity index (χ1v) is 7.68. The zero-order valence-corrected chi connectivity index (χ0v) is 13.3. The number of carbonyl (C=O) groups is 1. The van der Waals surface area contributed by atoms with Crippen LogP contribution in [0, 0.1) is 0 Å². The molecule has 0 aliphatic rings. The van der Waals surface area contributed by atoms with Gasteiger partial charge in [-0.15, -0.1) is 0 Å². The molecule has 1 N–H and O–H groups in total. The summed E-state index contributed by atoms with van der Waals surface area (Å²) < 4.78 is 6.40. The first-order chi connectivity index (χ1) is 10.7. The molecule has 0 spiro atoms. The van der Waals surface area contributed by atoms with Crippen LogP contribution in [0.25, 0.3) is 10.8 Å². The van der Waals surface area contributed by atoms with E-state index in [2.05, 4.69) is 21.2 Å². The Morgan fingerprint density at radius 3 is 2.50 bits per heavy atom. The minimum atomic E-state index is -0.194. The van der Waals surface area contributed by atoms with Crippen LogP contribution in [-0.2, 0) is 4.79 Å². The number of hydrogen-bond acceptors (Lipinski definition) is 2. The number of fused-ring (bicyclic) bond motifs is 1. The molecule has 3 aromatic carbocycles. The number of halogens is 1. The summed E-state index contributed by atoms with van der Waals surface area (Å²) in [5.41, 5.74) is 0.731. The first kappa shape index (κ1) is 14.6. The fraction of sp³-hybridized carbons (Fsp3) is 0.0556. The van der Waals surface area contributed by atoms with Gasteiger partial charge in [-0.2, -0.15) is 0 Å². The largest absolute Gasteiger partial charge is 0.484 e. The van der Waals surface area contributed by atoms with Crippen molar-refractivity contribution in [2.75, 3.05) is 11.9 Å². The summed E-state index contributed by atoms with van der Waals surface area (Å²) in [6.07, 6.45) is 0. The van der Waals surface area contributed by atoms with Gasteiger partial charge in [0.2, 0.25) is 0 Å². The van der Waals surface area contributed by atoms with Crippen molar-refractivity contribution in [3.05, 3.63) is 71.2 Å². The monoisotopic (exact) mass is 355 g/mol. The summed E-state index contributed by atoms with van der Waals surface area (Å²) >= 11 is 3.39. The van der Waals surface area contributed by atoms with Gasteiger partial charge in [-0.1, -0.05) is 42.5 Å². The van der Waals surface area contributed by atoms with Crippen molar-refractivity contribution < 1.29 is 9.53 Å². The number of amides is 1. The quantitative estimate of drug-likeness (QED) is 0.741. The summed E-state index contributed by atoms with van der Waals surface area (Å²) in [6, 6.07) is 21.3. The van der Waals surface area contributed by atoms with Crippen molar-refractivity contribution in [3.63, 3.8) is 0 Å². The van der Waals surface area contributed by atoms with Crippen molar-refractivity contribution in [2.45, 2.75) is 0 Å². The Hall–Kier alpha value is -2.33. The highest BCUT2D eigenvalue weighted by Gasteiger charge is 2.06. The average Bonchev–Trinajstić information content (AvgIpc) is 2.55. The van der Waals surface area contributed by atoms with Crippen LogP contribution in [0.2, 0.25) is 0 Å². The molecule has 0 aromatic heterocycles. The van der Waals surface area contributed by atoms with E-state index < -0.39 is 0 Å². The number of nitrogens with one attached hydrogen (secondary N) is 1. The van der Waals surface area contributed by atoms with E-state index in [0.717, 1.165) is 20.9 Å². The average molecular weight is 356 g/mol. The van der Waals surface area contributed by atoms with Crippen molar-refractivity contribution >= 4 is 38.3 Å². The zero-order chi connectivity index (χ0) is 15.4. The molecule has 0 saturated carbocycles. The highest BCUT2D eigenvalue weighted by Crippen LogP contribution is 2.22. The minimum Gasteiger partial charge on any atom is -0.484 e. The Morgan fingerprint density at radius 2 is 1.68 bits per heavy atom. The summed E-state index contributed by atoms with van der Waals surface area (Å²) in [5, 5.41) is 5.04. The predicted molar refractivity (Wildman–Crippen MR) is 92.2 cm³/mol. The molecule has 3 nitrogen and oxygen atoms in total. The van der Waals surface area contributed by atoms with Crippen LogP contribution < -0.4 is 10.1 Å². The summed E-state index contributed by atoms with van der Waals surface area (Å²) in [6.45, 7) is -0.0281. The third-order valence-electron chi connectivity index (χ3n) is 3.24. The van der Waals surface area contributed by atoms with Gasteiger partial charge >= 0.3 is 0 Å². The molecule has 0 heterocycles. The van der Waals surface area contributed by atoms with E-state index in [1.165, 1.54) is 0 Å². The lowest BCUT2D eigenvalue weighted by atomic mass is 10.1. The van der Waals surface area contributed by atoms with Gasteiger partial charge < -0.3 is 10.1 Å². The van der Waals surface area contributed by atoms with Crippen LogP contribution in [0.15, 0.2) is 71.2 Å². The standard InChI is InChI=1S/C18H14BrNO2/c19-16-7-3-4-8-17(16)20-18(21)12-22-15-10-9-13-5-1-2-6-14(13)11-15/h1-11H,12H2,(H,20,21). The Morgan fingerprint density at radius 1 is 0.955 bits per heavy atom. The smallest absolute Gasteiger partial charge is 0.262 e. The van der Waals surface area contributed by atoms with Gasteiger partial charge in [0.25, 0.3) is 5.91 Å². The Labute approximate surface area is 137 Å². The Kier molecular flexibility index (Phi) is 4.39. The lowest BCUT2D eigenvalue weighted by molar-refractivity contribution is -0.118. The normalized spacial score (nSPS) is 10.4. The van der Waals surface area contributed by atoms with Gasteiger partial charge in [0.1, 0.15) is 5.75 Å². The lowest BCUT2D eigenvalue weighted by Crippen LogP contribution is -2.20. The lowest BCUT2D eigenvalue weighted by Gasteiger charge is -2.09. The van der Waals surface area contributed by atoms with Crippen molar-refractivity contribution in [1.82, 2.24) is 0 Å². The number of benzene rings is 3. The maximum atomic E-state index is 11.9. The molecule has 0 aliphatic heterocycles. The van der Waals surface area contributed by atoms with E-state index in [-0.39, 0.29) is 12.5 Å². The van der Waals surface area contributed by atoms with Gasteiger partial charge in [-0.05, 0) is 51.0 Å². The number of carbonyl (C=O) groups excluding carboxylic acids is 1. The molecule has 4 heteroatoms. The SMILES string of the molecule is O=C(COc1ccc2ccccc2c1)Nc1ccccc1Br. The van der Waals surface area contributed by atoms with Crippen LogP contribution in [0.3, 0.4) is 0 Å². The van der Waals surface area contributed by atoms with Crippen LogP contribution in [0.5, 0.6) is 5.75 Å². The van der Waals surface area contributed by atoms with E-state index in [1.54, 1.807) is 0 Å². The van der Waals surface area contributed by atoms with E-state index in [9.17, 15) is 4.79 Å². The van der Waals surface area contributed by atoms with Gasteiger partial charge in [0.15, 0.2) is 6.61 Å². The van der Waals surface area contributed by atoms with E-state index in [4.69, 9.17) is 4.74 Å².